The van der Waals surface area contributed by atoms with Gasteiger partial charge in [0.2, 0.25) is 5.88 Å². The molecule has 0 aliphatic rings. The topological polar surface area (TPSA) is 42.4 Å². The lowest BCUT2D eigenvalue weighted by Crippen LogP contribution is -1.90. The molecule has 0 saturated heterocycles. The van der Waals surface area contributed by atoms with E-state index in [9.17, 15) is 0 Å². The van der Waals surface area contributed by atoms with E-state index in [1.165, 1.54) is 0 Å². The Morgan fingerprint density at radius 1 is 1.29 bits per heavy atom. The van der Waals surface area contributed by atoms with Crippen molar-refractivity contribution in [1.29, 1.82) is 0 Å². The molecule has 0 bridgehead atoms. The Kier molecular flexibility index (Phi) is 3.99. The van der Waals surface area contributed by atoms with E-state index in [1.807, 2.05) is 6.07 Å². The Morgan fingerprint density at radius 3 is 2.71 bits per heavy atom. The van der Waals surface area contributed by atoms with Crippen LogP contribution >= 0.6 is 27.5 Å². The predicted octanol–water partition coefficient (Wildman–Crippen LogP) is 3.78. The second kappa shape index (κ2) is 5.49. The lowest BCUT2D eigenvalue weighted by Gasteiger charge is -2.07. The summed E-state index contributed by atoms with van der Waals surface area (Å²) >= 11 is 9.33. The van der Waals surface area contributed by atoms with Gasteiger partial charge in [-0.25, -0.2) is 4.98 Å². The van der Waals surface area contributed by atoms with Gasteiger partial charge in [0.05, 0.1) is 11.6 Å². The summed E-state index contributed by atoms with van der Waals surface area (Å²) in [5, 5.41) is 9.39. The molecule has 2 aromatic rings. The van der Waals surface area contributed by atoms with Crippen molar-refractivity contribution in [2.45, 2.75) is 6.61 Å². The van der Waals surface area contributed by atoms with E-state index in [2.05, 4.69) is 20.9 Å². The Hall–Kier alpha value is -1.10. The van der Waals surface area contributed by atoms with Crippen LogP contribution in [-0.4, -0.2) is 10.1 Å². The third-order valence-electron chi connectivity index (χ3n) is 2.09. The fraction of sp³-hybridized carbons (Fsp3) is 0.0833. The number of nitrogens with zero attached hydrogens (tertiary/aromatic N) is 1. The van der Waals surface area contributed by atoms with E-state index >= 15 is 0 Å². The smallest absolute Gasteiger partial charge is 0.219 e. The number of aliphatic hydroxyl groups is 1. The standard InChI is InChI=1S/C12H9BrClNO2/c13-9-2-3-11(10(14)5-9)17-12-4-1-8(7-16)6-15-12/h1-6,16H,7H2. The quantitative estimate of drug-likeness (QED) is 0.937. The van der Waals surface area contributed by atoms with Crippen LogP contribution in [0.25, 0.3) is 0 Å². The van der Waals surface area contributed by atoms with Gasteiger partial charge in [-0.1, -0.05) is 27.5 Å². The first kappa shape index (κ1) is 12.4. The second-order valence-electron chi connectivity index (χ2n) is 3.34. The maximum atomic E-state index is 8.89. The molecule has 1 aromatic heterocycles. The van der Waals surface area contributed by atoms with Gasteiger partial charge in [0.1, 0.15) is 5.75 Å². The molecule has 0 amide bonds. The minimum atomic E-state index is -0.0354. The van der Waals surface area contributed by atoms with Crippen molar-refractivity contribution < 1.29 is 9.84 Å². The highest BCUT2D eigenvalue weighted by Gasteiger charge is 2.04. The normalized spacial score (nSPS) is 10.3. The number of hydrogen-bond acceptors (Lipinski definition) is 3. The van der Waals surface area contributed by atoms with Crippen molar-refractivity contribution in [3.8, 4) is 11.6 Å². The Morgan fingerprint density at radius 2 is 2.12 bits per heavy atom. The molecule has 0 radical (unpaired) electrons. The van der Waals surface area contributed by atoms with Gasteiger partial charge in [0.15, 0.2) is 0 Å². The molecule has 0 spiro atoms. The molecular weight excluding hydrogens is 305 g/mol. The molecule has 0 unspecified atom stereocenters. The maximum Gasteiger partial charge on any atom is 0.219 e. The zero-order valence-corrected chi connectivity index (χ0v) is 11.1. The van der Waals surface area contributed by atoms with Crippen molar-refractivity contribution in [3.63, 3.8) is 0 Å². The number of ether oxygens (including phenoxy) is 1. The Bertz CT molecular complexity index is 516. The van der Waals surface area contributed by atoms with E-state index in [0.29, 0.717) is 16.7 Å². The van der Waals surface area contributed by atoms with Crippen LogP contribution < -0.4 is 4.74 Å². The van der Waals surface area contributed by atoms with Crippen molar-refractivity contribution in [2.24, 2.45) is 0 Å². The second-order valence-corrected chi connectivity index (χ2v) is 4.66. The minimum Gasteiger partial charge on any atom is -0.437 e. The third-order valence-corrected chi connectivity index (χ3v) is 2.88. The molecule has 1 N–H and O–H groups in total. The number of aromatic nitrogens is 1. The minimum absolute atomic E-state index is 0.0354. The van der Waals surface area contributed by atoms with Crippen LogP contribution in [0.4, 0.5) is 0 Å². The zero-order valence-electron chi connectivity index (χ0n) is 8.73. The molecule has 0 aliphatic carbocycles. The molecular formula is C12H9BrClNO2. The van der Waals surface area contributed by atoms with Gasteiger partial charge in [-0.15, -0.1) is 0 Å². The summed E-state index contributed by atoms with van der Waals surface area (Å²) in [5.74, 6) is 0.977. The summed E-state index contributed by atoms with van der Waals surface area (Å²) in [6.07, 6.45) is 1.56. The van der Waals surface area contributed by atoms with Crippen molar-refractivity contribution in [1.82, 2.24) is 4.98 Å². The number of benzene rings is 1. The first-order valence-corrected chi connectivity index (χ1v) is 6.05. The fourth-order valence-electron chi connectivity index (χ4n) is 1.24. The highest BCUT2D eigenvalue weighted by molar-refractivity contribution is 9.10. The maximum absolute atomic E-state index is 8.89. The van der Waals surface area contributed by atoms with Crippen LogP contribution in [-0.2, 0) is 6.61 Å². The monoisotopic (exact) mass is 313 g/mol. The van der Waals surface area contributed by atoms with Crippen LogP contribution in [0.15, 0.2) is 41.0 Å². The summed E-state index contributed by atoms with van der Waals surface area (Å²) in [5.41, 5.74) is 0.735. The molecule has 88 valence electrons. The van der Waals surface area contributed by atoms with E-state index < -0.39 is 0 Å². The molecule has 0 atom stereocenters. The van der Waals surface area contributed by atoms with Crippen LogP contribution in [0.1, 0.15) is 5.56 Å². The average Bonchev–Trinajstić information content (AvgIpc) is 2.34. The van der Waals surface area contributed by atoms with Gasteiger partial charge in [0, 0.05) is 16.7 Å². The molecule has 3 nitrogen and oxygen atoms in total. The number of halogens is 2. The fourth-order valence-corrected chi connectivity index (χ4v) is 1.95. The average molecular weight is 315 g/mol. The Labute approximate surface area is 112 Å². The summed E-state index contributed by atoms with van der Waals surface area (Å²) in [7, 11) is 0. The lowest BCUT2D eigenvalue weighted by atomic mass is 10.3. The Balaban J connectivity index is 2.19. The SMILES string of the molecule is OCc1ccc(Oc2ccc(Br)cc2Cl)nc1. The van der Waals surface area contributed by atoms with Crippen molar-refractivity contribution in [3.05, 3.63) is 51.6 Å². The largest absolute Gasteiger partial charge is 0.437 e. The molecule has 1 heterocycles. The zero-order chi connectivity index (χ0) is 12.3. The first-order chi connectivity index (χ1) is 8.19. The predicted molar refractivity (Wildman–Crippen MR) is 69.4 cm³/mol. The number of aliphatic hydroxyl groups excluding tert-OH is 1. The lowest BCUT2D eigenvalue weighted by molar-refractivity contribution is 0.281. The molecule has 0 saturated carbocycles. The van der Waals surface area contributed by atoms with Crippen LogP contribution in [0, 0.1) is 0 Å². The molecule has 17 heavy (non-hydrogen) atoms. The summed E-state index contributed by atoms with van der Waals surface area (Å²) in [6.45, 7) is -0.0354. The molecule has 1 aromatic carbocycles. The van der Waals surface area contributed by atoms with Crippen molar-refractivity contribution in [2.75, 3.05) is 0 Å². The van der Waals surface area contributed by atoms with Gasteiger partial charge in [0.25, 0.3) is 0 Å². The molecule has 5 heteroatoms. The summed E-state index contributed by atoms with van der Waals surface area (Å²) in [6, 6.07) is 8.77. The first-order valence-electron chi connectivity index (χ1n) is 4.88. The van der Waals surface area contributed by atoms with E-state index in [-0.39, 0.29) is 6.61 Å². The number of pyridine rings is 1. The van der Waals surface area contributed by atoms with Crippen LogP contribution in [0.5, 0.6) is 11.6 Å². The van der Waals surface area contributed by atoms with Crippen LogP contribution in [0.2, 0.25) is 5.02 Å². The third kappa shape index (κ3) is 3.19. The highest BCUT2D eigenvalue weighted by atomic mass is 79.9. The van der Waals surface area contributed by atoms with Gasteiger partial charge >= 0.3 is 0 Å². The van der Waals surface area contributed by atoms with E-state index in [1.54, 1.807) is 30.5 Å². The van der Waals surface area contributed by atoms with Gasteiger partial charge in [-0.05, 0) is 29.8 Å². The van der Waals surface area contributed by atoms with Gasteiger partial charge < -0.3 is 9.84 Å². The van der Waals surface area contributed by atoms with Gasteiger partial charge in [-0.3, -0.25) is 0 Å². The molecule has 0 fully saturated rings. The van der Waals surface area contributed by atoms with Gasteiger partial charge in [-0.2, -0.15) is 0 Å². The molecule has 0 aliphatic heterocycles. The summed E-state index contributed by atoms with van der Waals surface area (Å²) < 4.78 is 6.41. The number of hydrogen-bond donors (Lipinski definition) is 1. The molecule has 2 rings (SSSR count). The van der Waals surface area contributed by atoms with Crippen molar-refractivity contribution >= 4 is 27.5 Å². The van der Waals surface area contributed by atoms with E-state index in [0.717, 1.165) is 10.0 Å². The summed E-state index contributed by atoms with van der Waals surface area (Å²) in [4.78, 5) is 4.06. The number of rotatable bonds is 3. The van der Waals surface area contributed by atoms with E-state index in [4.69, 9.17) is 21.4 Å². The highest BCUT2D eigenvalue weighted by Crippen LogP contribution is 2.30. The van der Waals surface area contributed by atoms with Crippen LogP contribution in [0.3, 0.4) is 0 Å².